The molecular formula is C20H23FN2O. The molecule has 0 bridgehead atoms. The van der Waals surface area contributed by atoms with Gasteiger partial charge in [0.1, 0.15) is 5.82 Å². The molecule has 3 nitrogen and oxygen atoms in total. The number of anilines is 1. The lowest BCUT2D eigenvalue weighted by Crippen LogP contribution is -2.36. The molecule has 0 saturated heterocycles. The fourth-order valence-corrected chi connectivity index (χ4v) is 2.71. The number of carbonyl (C=O) groups excluding carboxylic acids is 1. The van der Waals surface area contributed by atoms with Crippen molar-refractivity contribution in [3.8, 4) is 0 Å². The highest BCUT2D eigenvalue weighted by Gasteiger charge is 2.32. The number of amides is 2. The highest BCUT2D eigenvalue weighted by Crippen LogP contribution is 2.29. The van der Waals surface area contributed by atoms with Crippen molar-refractivity contribution >= 4 is 11.7 Å². The van der Waals surface area contributed by atoms with Crippen LogP contribution >= 0.6 is 0 Å². The molecule has 1 aliphatic carbocycles. The number of hydrogen-bond acceptors (Lipinski definition) is 1. The van der Waals surface area contributed by atoms with Gasteiger partial charge in [0.2, 0.25) is 0 Å². The third kappa shape index (κ3) is 3.94. The van der Waals surface area contributed by atoms with Crippen LogP contribution in [0.25, 0.3) is 0 Å². The van der Waals surface area contributed by atoms with E-state index in [0.717, 1.165) is 18.4 Å². The molecule has 24 heavy (non-hydrogen) atoms. The van der Waals surface area contributed by atoms with Crippen LogP contribution in [0, 0.1) is 5.82 Å². The summed E-state index contributed by atoms with van der Waals surface area (Å²) < 4.78 is 13.7. The predicted octanol–water partition coefficient (Wildman–Crippen LogP) is 5.15. The van der Waals surface area contributed by atoms with Crippen LogP contribution in [-0.4, -0.2) is 17.0 Å². The first-order chi connectivity index (χ1) is 11.5. The van der Waals surface area contributed by atoms with E-state index >= 15 is 0 Å². The Morgan fingerprint density at radius 1 is 1.17 bits per heavy atom. The SMILES string of the molecule is CC(C)c1ccc(CN(C(=O)Nc2ccccc2F)C2CC2)cc1. The van der Waals surface area contributed by atoms with Gasteiger partial charge in [-0.1, -0.05) is 50.2 Å². The summed E-state index contributed by atoms with van der Waals surface area (Å²) in [5, 5.41) is 2.69. The molecule has 1 N–H and O–H groups in total. The van der Waals surface area contributed by atoms with E-state index in [1.807, 2.05) is 0 Å². The zero-order valence-corrected chi connectivity index (χ0v) is 14.1. The number of urea groups is 1. The lowest BCUT2D eigenvalue weighted by molar-refractivity contribution is 0.206. The van der Waals surface area contributed by atoms with Crippen LogP contribution in [0.5, 0.6) is 0 Å². The number of halogens is 1. The molecule has 2 amide bonds. The predicted molar refractivity (Wildman–Crippen MR) is 94.5 cm³/mol. The summed E-state index contributed by atoms with van der Waals surface area (Å²) in [5.74, 6) is 0.0748. The molecule has 1 saturated carbocycles. The van der Waals surface area contributed by atoms with Crippen molar-refractivity contribution in [1.29, 1.82) is 0 Å². The van der Waals surface area contributed by atoms with E-state index in [2.05, 4.69) is 43.4 Å². The summed E-state index contributed by atoms with van der Waals surface area (Å²) in [7, 11) is 0. The largest absolute Gasteiger partial charge is 0.322 e. The third-order valence-electron chi connectivity index (χ3n) is 4.36. The Kier molecular flexibility index (Phi) is 4.84. The van der Waals surface area contributed by atoms with Gasteiger partial charge in [-0.25, -0.2) is 9.18 Å². The Labute approximate surface area is 142 Å². The lowest BCUT2D eigenvalue weighted by Gasteiger charge is -2.23. The Hall–Kier alpha value is -2.36. The first-order valence-electron chi connectivity index (χ1n) is 8.45. The molecule has 2 aromatic rings. The fourth-order valence-electron chi connectivity index (χ4n) is 2.71. The summed E-state index contributed by atoms with van der Waals surface area (Å²) in [5.41, 5.74) is 2.60. The van der Waals surface area contributed by atoms with Crippen LogP contribution in [0.2, 0.25) is 0 Å². The fraction of sp³-hybridized carbons (Fsp3) is 0.350. The van der Waals surface area contributed by atoms with Gasteiger partial charge in [-0.05, 0) is 42.0 Å². The Morgan fingerprint density at radius 2 is 1.83 bits per heavy atom. The van der Waals surface area contributed by atoms with Crippen LogP contribution in [-0.2, 0) is 6.54 Å². The van der Waals surface area contributed by atoms with Gasteiger partial charge in [-0.3, -0.25) is 0 Å². The first-order valence-corrected chi connectivity index (χ1v) is 8.45. The van der Waals surface area contributed by atoms with E-state index in [9.17, 15) is 9.18 Å². The number of rotatable bonds is 5. The summed E-state index contributed by atoms with van der Waals surface area (Å²) in [4.78, 5) is 14.4. The standard InChI is InChI=1S/C20H23FN2O/c1-14(2)16-9-7-15(8-10-16)13-23(17-11-12-17)20(24)22-19-6-4-3-5-18(19)21/h3-10,14,17H,11-13H2,1-2H3,(H,22,24). The van der Waals surface area contributed by atoms with Gasteiger partial charge in [0.15, 0.2) is 0 Å². The van der Waals surface area contributed by atoms with Crippen molar-refractivity contribution in [1.82, 2.24) is 4.90 Å². The van der Waals surface area contributed by atoms with E-state index in [1.165, 1.54) is 11.6 Å². The minimum Gasteiger partial charge on any atom is -0.317 e. The normalized spacial score (nSPS) is 13.8. The van der Waals surface area contributed by atoms with Gasteiger partial charge in [-0.15, -0.1) is 0 Å². The highest BCUT2D eigenvalue weighted by atomic mass is 19.1. The van der Waals surface area contributed by atoms with E-state index in [4.69, 9.17) is 0 Å². The minimum absolute atomic E-state index is 0.225. The average molecular weight is 326 g/mol. The van der Waals surface area contributed by atoms with Crippen molar-refractivity contribution in [3.63, 3.8) is 0 Å². The molecule has 0 aromatic heterocycles. The Balaban J connectivity index is 1.70. The topological polar surface area (TPSA) is 32.3 Å². The number of nitrogens with zero attached hydrogens (tertiary/aromatic N) is 1. The van der Waals surface area contributed by atoms with Gasteiger partial charge in [0.05, 0.1) is 5.69 Å². The van der Waals surface area contributed by atoms with Crippen LogP contribution in [0.4, 0.5) is 14.9 Å². The first kappa shape index (κ1) is 16.5. The molecule has 0 heterocycles. The molecular weight excluding hydrogens is 303 g/mol. The number of carbonyl (C=O) groups is 1. The van der Waals surface area contributed by atoms with Crippen LogP contribution < -0.4 is 5.32 Å². The van der Waals surface area contributed by atoms with Gasteiger partial charge in [-0.2, -0.15) is 0 Å². The summed E-state index contributed by atoms with van der Waals surface area (Å²) in [6, 6.07) is 14.6. The van der Waals surface area contributed by atoms with Crippen LogP contribution in [0.15, 0.2) is 48.5 Å². The Bertz CT molecular complexity index is 708. The second-order valence-corrected chi connectivity index (χ2v) is 6.67. The van der Waals surface area contributed by atoms with Gasteiger partial charge < -0.3 is 10.2 Å². The minimum atomic E-state index is -0.414. The van der Waals surface area contributed by atoms with Gasteiger partial charge in [0.25, 0.3) is 0 Å². The smallest absolute Gasteiger partial charge is 0.317 e. The summed E-state index contributed by atoms with van der Waals surface area (Å²) in [6.45, 7) is 4.87. The molecule has 0 spiro atoms. The summed E-state index contributed by atoms with van der Waals surface area (Å²) >= 11 is 0. The average Bonchev–Trinajstić information content (AvgIpc) is 3.40. The van der Waals surface area contributed by atoms with E-state index in [-0.39, 0.29) is 17.8 Å². The maximum Gasteiger partial charge on any atom is 0.322 e. The maximum atomic E-state index is 13.7. The molecule has 0 radical (unpaired) electrons. The molecule has 0 unspecified atom stereocenters. The van der Waals surface area contributed by atoms with Crippen molar-refractivity contribution in [2.45, 2.75) is 45.2 Å². The van der Waals surface area contributed by atoms with Crippen molar-refractivity contribution < 1.29 is 9.18 Å². The zero-order chi connectivity index (χ0) is 17.1. The second-order valence-electron chi connectivity index (χ2n) is 6.67. The van der Waals surface area contributed by atoms with E-state index < -0.39 is 5.82 Å². The molecule has 4 heteroatoms. The van der Waals surface area contributed by atoms with Crippen molar-refractivity contribution in [2.24, 2.45) is 0 Å². The molecule has 0 atom stereocenters. The maximum absolute atomic E-state index is 13.7. The molecule has 1 aliphatic rings. The van der Waals surface area contributed by atoms with Gasteiger partial charge >= 0.3 is 6.03 Å². The van der Waals surface area contributed by atoms with E-state index in [1.54, 1.807) is 23.1 Å². The number of hydrogen-bond donors (Lipinski definition) is 1. The Morgan fingerprint density at radius 3 is 2.42 bits per heavy atom. The molecule has 126 valence electrons. The number of benzene rings is 2. The van der Waals surface area contributed by atoms with Crippen molar-refractivity contribution in [3.05, 3.63) is 65.5 Å². The molecule has 1 fully saturated rings. The zero-order valence-electron chi connectivity index (χ0n) is 14.1. The lowest BCUT2D eigenvalue weighted by atomic mass is 10.0. The molecule has 3 rings (SSSR count). The van der Waals surface area contributed by atoms with Crippen LogP contribution in [0.1, 0.15) is 43.7 Å². The quantitative estimate of drug-likeness (QED) is 0.810. The van der Waals surface area contributed by atoms with Crippen molar-refractivity contribution in [2.75, 3.05) is 5.32 Å². The van der Waals surface area contributed by atoms with Gasteiger partial charge in [0, 0.05) is 12.6 Å². The number of para-hydroxylation sites is 1. The molecule has 0 aliphatic heterocycles. The number of nitrogens with one attached hydrogen (secondary N) is 1. The monoisotopic (exact) mass is 326 g/mol. The highest BCUT2D eigenvalue weighted by molar-refractivity contribution is 5.89. The second kappa shape index (κ2) is 7.04. The molecule has 2 aromatic carbocycles. The van der Waals surface area contributed by atoms with Crippen LogP contribution in [0.3, 0.4) is 0 Å². The van der Waals surface area contributed by atoms with E-state index in [0.29, 0.717) is 12.5 Å². The summed E-state index contributed by atoms with van der Waals surface area (Å²) in [6.07, 6.45) is 2.02. The third-order valence-corrected chi connectivity index (χ3v) is 4.36.